The zero-order valence-corrected chi connectivity index (χ0v) is 9.64. The summed E-state index contributed by atoms with van der Waals surface area (Å²) in [6, 6.07) is 9.03. The molecule has 0 unspecified atom stereocenters. The lowest BCUT2D eigenvalue weighted by Gasteiger charge is -2.24. The van der Waals surface area contributed by atoms with Crippen LogP contribution in [0.2, 0.25) is 0 Å². The number of carbonyl (C=O) groups excluding carboxylic acids is 1. The molecule has 0 aliphatic rings. The standard InChI is InChI=1S/C11H12Cl2O/c1-11(2,10(12)13)9(14)8-6-4-3-5-7-8/h3-7,10H,1-2H3. The summed E-state index contributed by atoms with van der Waals surface area (Å²) < 4.78 is 0. The minimum absolute atomic E-state index is 0.0342. The molecule has 0 heterocycles. The quantitative estimate of drug-likeness (QED) is 0.572. The van der Waals surface area contributed by atoms with E-state index in [0.29, 0.717) is 5.56 Å². The smallest absolute Gasteiger partial charge is 0.171 e. The van der Waals surface area contributed by atoms with Gasteiger partial charge in [0.05, 0.1) is 5.41 Å². The summed E-state index contributed by atoms with van der Waals surface area (Å²) in [6.07, 6.45) is 0. The molecule has 0 aromatic heterocycles. The number of Topliss-reactive ketones (excluding diaryl/α,β-unsaturated/α-hetero) is 1. The second-order valence-corrected chi connectivity index (χ2v) is 4.81. The van der Waals surface area contributed by atoms with Crippen molar-refractivity contribution in [3.8, 4) is 0 Å². The maximum absolute atomic E-state index is 11.9. The van der Waals surface area contributed by atoms with Gasteiger partial charge in [0.1, 0.15) is 4.84 Å². The summed E-state index contributed by atoms with van der Waals surface area (Å²) in [4.78, 5) is 11.2. The monoisotopic (exact) mass is 230 g/mol. The molecule has 0 N–H and O–H groups in total. The summed E-state index contributed by atoms with van der Waals surface area (Å²) in [5, 5.41) is 0. The topological polar surface area (TPSA) is 17.1 Å². The molecular formula is C11H12Cl2O. The zero-order chi connectivity index (χ0) is 10.8. The number of alkyl halides is 2. The molecule has 0 aliphatic heterocycles. The fourth-order valence-electron chi connectivity index (χ4n) is 1.06. The zero-order valence-electron chi connectivity index (χ0n) is 8.13. The molecule has 1 aromatic rings. The van der Waals surface area contributed by atoms with Crippen molar-refractivity contribution in [3.63, 3.8) is 0 Å². The Morgan fingerprint density at radius 1 is 1.21 bits per heavy atom. The summed E-state index contributed by atoms with van der Waals surface area (Å²) in [5.41, 5.74) is -0.103. The Kier molecular flexibility index (Phi) is 3.57. The lowest BCUT2D eigenvalue weighted by atomic mass is 9.86. The van der Waals surface area contributed by atoms with Crippen LogP contribution in [0.3, 0.4) is 0 Å². The van der Waals surface area contributed by atoms with Gasteiger partial charge in [0.25, 0.3) is 0 Å². The van der Waals surface area contributed by atoms with E-state index >= 15 is 0 Å². The van der Waals surface area contributed by atoms with Crippen molar-refractivity contribution in [1.29, 1.82) is 0 Å². The largest absolute Gasteiger partial charge is 0.293 e. The molecule has 1 rings (SSSR count). The maximum Gasteiger partial charge on any atom is 0.171 e. The van der Waals surface area contributed by atoms with Gasteiger partial charge in [-0.1, -0.05) is 30.3 Å². The van der Waals surface area contributed by atoms with Crippen LogP contribution in [-0.4, -0.2) is 10.6 Å². The van der Waals surface area contributed by atoms with E-state index < -0.39 is 10.3 Å². The second kappa shape index (κ2) is 4.33. The molecule has 3 heteroatoms. The second-order valence-electron chi connectivity index (χ2n) is 3.72. The Morgan fingerprint density at radius 3 is 2.14 bits per heavy atom. The first-order chi connectivity index (χ1) is 6.46. The van der Waals surface area contributed by atoms with E-state index in [1.54, 1.807) is 26.0 Å². The molecule has 0 bridgehead atoms. The Labute approximate surface area is 94.0 Å². The van der Waals surface area contributed by atoms with Gasteiger partial charge >= 0.3 is 0 Å². The molecular weight excluding hydrogens is 219 g/mol. The SMILES string of the molecule is CC(C)(C(=O)c1ccccc1)C(Cl)Cl. The first kappa shape index (κ1) is 11.5. The summed E-state index contributed by atoms with van der Waals surface area (Å²) in [7, 11) is 0. The van der Waals surface area contributed by atoms with Crippen molar-refractivity contribution < 1.29 is 4.79 Å². The van der Waals surface area contributed by atoms with Crippen LogP contribution in [0.1, 0.15) is 24.2 Å². The molecule has 0 saturated carbocycles. The molecule has 0 fully saturated rings. The van der Waals surface area contributed by atoms with Gasteiger partial charge < -0.3 is 0 Å². The summed E-state index contributed by atoms with van der Waals surface area (Å²) in [6.45, 7) is 3.49. The average Bonchev–Trinajstić information content (AvgIpc) is 2.17. The van der Waals surface area contributed by atoms with Gasteiger partial charge in [0.15, 0.2) is 5.78 Å². The van der Waals surface area contributed by atoms with Crippen LogP contribution in [0.5, 0.6) is 0 Å². The summed E-state index contributed by atoms with van der Waals surface area (Å²) in [5.74, 6) is -0.0342. The van der Waals surface area contributed by atoms with Crippen LogP contribution in [0.4, 0.5) is 0 Å². The fraction of sp³-hybridized carbons (Fsp3) is 0.364. The van der Waals surface area contributed by atoms with Crippen LogP contribution in [-0.2, 0) is 0 Å². The van der Waals surface area contributed by atoms with Crippen molar-refractivity contribution in [2.45, 2.75) is 18.7 Å². The number of carbonyl (C=O) groups is 1. The number of rotatable bonds is 3. The van der Waals surface area contributed by atoms with Crippen LogP contribution >= 0.6 is 23.2 Å². The highest BCUT2D eigenvalue weighted by molar-refractivity contribution is 6.46. The summed E-state index contributed by atoms with van der Waals surface area (Å²) >= 11 is 11.5. The van der Waals surface area contributed by atoms with Crippen molar-refractivity contribution in [3.05, 3.63) is 35.9 Å². The molecule has 1 aromatic carbocycles. The van der Waals surface area contributed by atoms with Crippen molar-refractivity contribution in [2.24, 2.45) is 5.41 Å². The molecule has 0 spiro atoms. The van der Waals surface area contributed by atoms with Crippen molar-refractivity contribution in [2.75, 3.05) is 0 Å². The van der Waals surface area contributed by atoms with E-state index in [-0.39, 0.29) is 5.78 Å². The van der Waals surface area contributed by atoms with E-state index in [1.165, 1.54) is 0 Å². The molecule has 1 nitrogen and oxygen atoms in total. The third-order valence-corrected chi connectivity index (χ3v) is 3.26. The third kappa shape index (κ3) is 2.28. The first-order valence-electron chi connectivity index (χ1n) is 4.34. The molecule has 0 radical (unpaired) electrons. The van der Waals surface area contributed by atoms with E-state index in [4.69, 9.17) is 23.2 Å². The molecule has 14 heavy (non-hydrogen) atoms. The normalized spacial score (nSPS) is 11.8. The fourth-order valence-corrected chi connectivity index (χ4v) is 1.26. The highest BCUT2D eigenvalue weighted by Gasteiger charge is 2.34. The van der Waals surface area contributed by atoms with Crippen molar-refractivity contribution in [1.82, 2.24) is 0 Å². The Hall–Kier alpha value is -0.530. The third-order valence-electron chi connectivity index (χ3n) is 2.17. The Morgan fingerprint density at radius 2 is 1.71 bits per heavy atom. The van der Waals surface area contributed by atoms with Gasteiger partial charge in [0.2, 0.25) is 0 Å². The predicted molar refractivity (Wildman–Crippen MR) is 60.0 cm³/mol. The predicted octanol–water partition coefficient (Wildman–Crippen LogP) is 3.70. The number of halogens is 2. The highest BCUT2D eigenvalue weighted by atomic mass is 35.5. The van der Waals surface area contributed by atoms with E-state index in [1.807, 2.05) is 18.2 Å². The van der Waals surface area contributed by atoms with Gasteiger partial charge in [-0.25, -0.2) is 0 Å². The van der Waals surface area contributed by atoms with Crippen LogP contribution in [0, 0.1) is 5.41 Å². The van der Waals surface area contributed by atoms with Gasteiger partial charge in [-0.2, -0.15) is 0 Å². The molecule has 0 saturated heterocycles. The lowest BCUT2D eigenvalue weighted by Crippen LogP contribution is -2.30. The van der Waals surface area contributed by atoms with E-state index in [9.17, 15) is 4.79 Å². The van der Waals surface area contributed by atoms with E-state index in [0.717, 1.165) is 0 Å². The number of ketones is 1. The number of hydrogen-bond acceptors (Lipinski definition) is 1. The first-order valence-corrected chi connectivity index (χ1v) is 5.21. The number of hydrogen-bond donors (Lipinski definition) is 0. The van der Waals surface area contributed by atoms with Crippen LogP contribution in [0.15, 0.2) is 30.3 Å². The van der Waals surface area contributed by atoms with Gasteiger partial charge in [-0.3, -0.25) is 4.79 Å². The number of benzene rings is 1. The van der Waals surface area contributed by atoms with Crippen LogP contribution in [0.25, 0.3) is 0 Å². The van der Waals surface area contributed by atoms with Gasteiger partial charge in [-0.15, -0.1) is 23.2 Å². The minimum atomic E-state index is -0.746. The van der Waals surface area contributed by atoms with Gasteiger partial charge in [0, 0.05) is 5.56 Å². The van der Waals surface area contributed by atoms with Crippen molar-refractivity contribution >= 4 is 29.0 Å². The molecule has 0 amide bonds. The van der Waals surface area contributed by atoms with Gasteiger partial charge in [-0.05, 0) is 13.8 Å². The Bertz CT molecular complexity index is 317. The molecule has 0 aliphatic carbocycles. The Balaban J connectivity index is 2.97. The van der Waals surface area contributed by atoms with E-state index in [2.05, 4.69) is 0 Å². The maximum atomic E-state index is 11.9. The molecule has 0 atom stereocenters. The average molecular weight is 231 g/mol. The lowest BCUT2D eigenvalue weighted by molar-refractivity contribution is 0.0852. The highest BCUT2D eigenvalue weighted by Crippen LogP contribution is 2.32. The van der Waals surface area contributed by atoms with Crippen LogP contribution < -0.4 is 0 Å². The molecule has 76 valence electrons. The minimum Gasteiger partial charge on any atom is -0.293 e.